The van der Waals surface area contributed by atoms with Gasteiger partial charge in [0.05, 0.1) is 6.10 Å². The Kier molecular flexibility index (Phi) is 3.51. The number of nitrogens with one attached hydrogen (secondary N) is 1. The van der Waals surface area contributed by atoms with E-state index in [2.05, 4.69) is 5.32 Å². The quantitative estimate of drug-likeness (QED) is 0.801. The number of rotatable bonds is 5. The number of aliphatic hydroxyl groups is 1. The van der Waals surface area contributed by atoms with Gasteiger partial charge in [-0.1, -0.05) is 0 Å². The molecule has 2 rings (SSSR count). The fourth-order valence-corrected chi connectivity index (χ4v) is 1.66. The van der Waals surface area contributed by atoms with Gasteiger partial charge in [-0.05, 0) is 37.0 Å². The van der Waals surface area contributed by atoms with E-state index in [-0.39, 0.29) is 6.42 Å². The van der Waals surface area contributed by atoms with Crippen LogP contribution in [0.5, 0.6) is 0 Å². The first-order valence-corrected chi connectivity index (χ1v) is 5.50. The second kappa shape index (κ2) is 4.89. The Hall–Kier alpha value is -1.00. The molecule has 0 radical (unpaired) electrons. The summed E-state index contributed by atoms with van der Waals surface area (Å²) in [5.74, 6) is -1.20. The molecule has 1 unspecified atom stereocenters. The van der Waals surface area contributed by atoms with Crippen LogP contribution in [0.3, 0.4) is 0 Å². The Balaban J connectivity index is 1.86. The minimum Gasteiger partial charge on any atom is -0.391 e. The molecule has 1 aromatic carbocycles. The first-order chi connectivity index (χ1) is 7.63. The van der Waals surface area contributed by atoms with E-state index in [1.807, 2.05) is 0 Å². The maximum Gasteiger partial charge on any atom is 0.126 e. The Morgan fingerprint density at radius 1 is 1.25 bits per heavy atom. The summed E-state index contributed by atoms with van der Waals surface area (Å²) in [6.07, 6.45) is 1.98. The van der Waals surface area contributed by atoms with Gasteiger partial charge >= 0.3 is 0 Å². The van der Waals surface area contributed by atoms with Gasteiger partial charge in [-0.25, -0.2) is 8.78 Å². The third-order valence-corrected chi connectivity index (χ3v) is 2.61. The first-order valence-electron chi connectivity index (χ1n) is 5.50. The van der Waals surface area contributed by atoms with Gasteiger partial charge in [0, 0.05) is 18.7 Å². The van der Waals surface area contributed by atoms with Gasteiger partial charge in [-0.2, -0.15) is 0 Å². The lowest BCUT2D eigenvalue weighted by molar-refractivity contribution is 0.171. The van der Waals surface area contributed by atoms with Crippen LogP contribution in [0.2, 0.25) is 0 Å². The maximum absolute atomic E-state index is 12.9. The van der Waals surface area contributed by atoms with Crippen molar-refractivity contribution in [1.82, 2.24) is 5.32 Å². The predicted molar refractivity (Wildman–Crippen MR) is 57.1 cm³/mol. The SMILES string of the molecule is OC(CNC1CC1)Cc1cc(F)cc(F)c1. The molecule has 1 fully saturated rings. The zero-order valence-corrected chi connectivity index (χ0v) is 8.92. The fourth-order valence-electron chi connectivity index (χ4n) is 1.66. The standard InChI is InChI=1S/C12H15F2NO/c13-9-3-8(4-10(14)6-9)5-12(16)7-15-11-1-2-11/h3-4,6,11-12,15-16H,1-2,5,7H2. The van der Waals surface area contributed by atoms with Crippen LogP contribution in [0.15, 0.2) is 18.2 Å². The molecule has 2 nitrogen and oxygen atoms in total. The molecule has 2 N–H and O–H groups in total. The van der Waals surface area contributed by atoms with Crippen LogP contribution in [0, 0.1) is 11.6 Å². The molecule has 1 saturated carbocycles. The van der Waals surface area contributed by atoms with Crippen molar-refractivity contribution < 1.29 is 13.9 Å². The van der Waals surface area contributed by atoms with Gasteiger partial charge in [0.25, 0.3) is 0 Å². The topological polar surface area (TPSA) is 32.3 Å². The second-order valence-electron chi connectivity index (χ2n) is 4.32. The van der Waals surface area contributed by atoms with Crippen LogP contribution < -0.4 is 5.32 Å². The van der Waals surface area contributed by atoms with Crippen molar-refractivity contribution in [2.24, 2.45) is 0 Å². The molecule has 1 aliphatic rings. The highest BCUT2D eigenvalue weighted by atomic mass is 19.1. The highest BCUT2D eigenvalue weighted by molar-refractivity contribution is 5.18. The zero-order chi connectivity index (χ0) is 11.5. The molecule has 0 aromatic heterocycles. The average molecular weight is 227 g/mol. The monoisotopic (exact) mass is 227 g/mol. The summed E-state index contributed by atoms with van der Waals surface area (Å²) in [6.45, 7) is 0.475. The van der Waals surface area contributed by atoms with Crippen molar-refractivity contribution >= 4 is 0 Å². The molecule has 1 atom stereocenters. The molecular weight excluding hydrogens is 212 g/mol. The molecule has 0 amide bonds. The summed E-state index contributed by atoms with van der Waals surface area (Å²) >= 11 is 0. The summed E-state index contributed by atoms with van der Waals surface area (Å²) in [5, 5.41) is 12.8. The molecule has 1 aromatic rings. The third kappa shape index (κ3) is 3.54. The lowest BCUT2D eigenvalue weighted by atomic mass is 10.1. The van der Waals surface area contributed by atoms with Crippen LogP contribution in [-0.2, 0) is 6.42 Å². The van der Waals surface area contributed by atoms with Gasteiger partial charge in [0.1, 0.15) is 11.6 Å². The van der Waals surface area contributed by atoms with Gasteiger partial charge in [0.15, 0.2) is 0 Å². The van der Waals surface area contributed by atoms with Crippen molar-refractivity contribution in [3.05, 3.63) is 35.4 Å². The molecule has 0 bridgehead atoms. The molecular formula is C12H15F2NO. The molecule has 0 heterocycles. The van der Waals surface area contributed by atoms with Crippen LogP contribution in [0.4, 0.5) is 8.78 Å². The van der Waals surface area contributed by atoms with E-state index in [0.717, 1.165) is 18.9 Å². The molecule has 16 heavy (non-hydrogen) atoms. The van der Waals surface area contributed by atoms with Gasteiger partial charge in [-0.15, -0.1) is 0 Å². The van der Waals surface area contributed by atoms with Crippen LogP contribution in [0.1, 0.15) is 18.4 Å². The number of hydrogen-bond donors (Lipinski definition) is 2. The summed E-state index contributed by atoms with van der Waals surface area (Å²) < 4.78 is 25.7. The summed E-state index contributed by atoms with van der Waals surface area (Å²) in [7, 11) is 0. The smallest absolute Gasteiger partial charge is 0.126 e. The Bertz CT molecular complexity index is 346. The van der Waals surface area contributed by atoms with Crippen molar-refractivity contribution in [3.8, 4) is 0 Å². The Morgan fingerprint density at radius 2 is 1.88 bits per heavy atom. The van der Waals surface area contributed by atoms with E-state index in [0.29, 0.717) is 18.2 Å². The highest BCUT2D eigenvalue weighted by Crippen LogP contribution is 2.18. The van der Waals surface area contributed by atoms with Crippen molar-refractivity contribution in [2.75, 3.05) is 6.54 Å². The maximum atomic E-state index is 12.9. The van der Waals surface area contributed by atoms with Crippen LogP contribution >= 0.6 is 0 Å². The lowest BCUT2D eigenvalue weighted by Gasteiger charge is -2.11. The number of benzene rings is 1. The fraction of sp³-hybridized carbons (Fsp3) is 0.500. The Labute approximate surface area is 93.3 Å². The lowest BCUT2D eigenvalue weighted by Crippen LogP contribution is -2.29. The second-order valence-corrected chi connectivity index (χ2v) is 4.32. The molecule has 88 valence electrons. The van der Waals surface area contributed by atoms with Gasteiger partial charge in [0.2, 0.25) is 0 Å². The minimum absolute atomic E-state index is 0.272. The van der Waals surface area contributed by atoms with Crippen molar-refractivity contribution in [2.45, 2.75) is 31.4 Å². The van der Waals surface area contributed by atoms with Crippen LogP contribution in [0.25, 0.3) is 0 Å². The Morgan fingerprint density at radius 3 is 2.44 bits per heavy atom. The van der Waals surface area contributed by atoms with Gasteiger partial charge < -0.3 is 10.4 Å². The summed E-state index contributed by atoms with van der Waals surface area (Å²) in [5.41, 5.74) is 0.489. The van der Waals surface area contributed by atoms with E-state index in [1.54, 1.807) is 0 Å². The summed E-state index contributed by atoms with van der Waals surface area (Å²) in [6, 6.07) is 3.87. The van der Waals surface area contributed by atoms with E-state index in [1.165, 1.54) is 12.1 Å². The van der Waals surface area contributed by atoms with E-state index >= 15 is 0 Å². The molecule has 0 saturated heterocycles. The molecule has 0 spiro atoms. The largest absolute Gasteiger partial charge is 0.391 e. The highest BCUT2D eigenvalue weighted by Gasteiger charge is 2.21. The van der Waals surface area contributed by atoms with E-state index in [4.69, 9.17) is 0 Å². The predicted octanol–water partition coefficient (Wildman–Crippen LogP) is 1.62. The molecule has 4 heteroatoms. The summed E-state index contributed by atoms with van der Waals surface area (Å²) in [4.78, 5) is 0. The average Bonchev–Trinajstić information content (AvgIpc) is 2.96. The van der Waals surface area contributed by atoms with Crippen molar-refractivity contribution in [3.63, 3.8) is 0 Å². The first kappa shape index (κ1) is 11.5. The number of aliphatic hydroxyl groups excluding tert-OH is 1. The normalized spacial score (nSPS) is 17.4. The zero-order valence-electron chi connectivity index (χ0n) is 8.92. The van der Waals surface area contributed by atoms with Gasteiger partial charge in [-0.3, -0.25) is 0 Å². The molecule has 1 aliphatic carbocycles. The van der Waals surface area contributed by atoms with Crippen LogP contribution in [-0.4, -0.2) is 23.8 Å². The third-order valence-electron chi connectivity index (χ3n) is 2.61. The minimum atomic E-state index is -0.600. The molecule has 0 aliphatic heterocycles. The van der Waals surface area contributed by atoms with E-state index in [9.17, 15) is 13.9 Å². The van der Waals surface area contributed by atoms with E-state index < -0.39 is 17.7 Å². The number of halogens is 2. The number of hydrogen-bond acceptors (Lipinski definition) is 2. The van der Waals surface area contributed by atoms with Crippen molar-refractivity contribution in [1.29, 1.82) is 0 Å².